The molecule has 0 aliphatic rings. The van der Waals surface area contributed by atoms with Crippen LogP contribution in [0.2, 0.25) is 0 Å². The summed E-state index contributed by atoms with van der Waals surface area (Å²) in [6, 6.07) is 0. The summed E-state index contributed by atoms with van der Waals surface area (Å²) in [6.45, 7) is 7.47. The van der Waals surface area contributed by atoms with Crippen LogP contribution in [0.3, 0.4) is 0 Å². The third-order valence-corrected chi connectivity index (χ3v) is 1.68. The predicted molar refractivity (Wildman–Crippen MR) is 41.6 cm³/mol. The number of carbonyl (C=O) groups is 1. The van der Waals surface area contributed by atoms with Gasteiger partial charge in [-0.15, -0.1) is 0 Å². The van der Waals surface area contributed by atoms with E-state index in [0.29, 0.717) is 0 Å². The molecule has 5 nitrogen and oxygen atoms in total. The van der Waals surface area contributed by atoms with Crippen molar-refractivity contribution in [3.8, 4) is 0 Å². The SMILES string of the molecule is C=C(C)C(=O)OC([CH2-])S(=O)(=O)O.[Na+]. The summed E-state index contributed by atoms with van der Waals surface area (Å²) in [4.78, 5) is 10.7. The first-order valence-electron chi connectivity index (χ1n) is 2.91. The fourth-order valence-corrected chi connectivity index (χ4v) is 0.490. The number of hydrogen-bond acceptors (Lipinski definition) is 4. The Morgan fingerprint density at radius 3 is 2.23 bits per heavy atom. The fraction of sp³-hybridized carbons (Fsp3) is 0.333. The molecule has 7 heteroatoms. The largest absolute Gasteiger partial charge is 1.00 e. The molecule has 0 aromatic heterocycles. The van der Waals surface area contributed by atoms with Crippen LogP contribution in [0.15, 0.2) is 12.2 Å². The van der Waals surface area contributed by atoms with Crippen molar-refractivity contribution in [2.24, 2.45) is 0 Å². The third-order valence-electron chi connectivity index (χ3n) is 0.919. The summed E-state index contributed by atoms with van der Waals surface area (Å²) in [6.07, 6.45) is 0. The quantitative estimate of drug-likeness (QED) is 0.181. The van der Waals surface area contributed by atoms with Crippen molar-refractivity contribution in [3.63, 3.8) is 0 Å². The molecule has 13 heavy (non-hydrogen) atoms. The second-order valence-corrected chi connectivity index (χ2v) is 3.69. The van der Waals surface area contributed by atoms with E-state index >= 15 is 0 Å². The van der Waals surface area contributed by atoms with Crippen LogP contribution in [0.5, 0.6) is 0 Å². The maximum atomic E-state index is 10.7. The molecule has 0 rings (SSSR count). The van der Waals surface area contributed by atoms with Crippen LogP contribution in [-0.2, 0) is 19.6 Å². The van der Waals surface area contributed by atoms with E-state index in [4.69, 9.17) is 4.55 Å². The van der Waals surface area contributed by atoms with Gasteiger partial charge in [0.2, 0.25) is 0 Å². The molecule has 0 spiro atoms. The van der Waals surface area contributed by atoms with Crippen molar-refractivity contribution in [1.29, 1.82) is 0 Å². The molecule has 0 aromatic rings. The number of hydrogen-bond donors (Lipinski definition) is 1. The van der Waals surface area contributed by atoms with Gasteiger partial charge in [0.05, 0.1) is 0 Å². The van der Waals surface area contributed by atoms with Crippen LogP contribution in [0.1, 0.15) is 6.92 Å². The Bertz CT molecular complexity index is 294. The molecule has 70 valence electrons. The monoisotopic (exact) mass is 216 g/mol. The molecule has 1 N–H and O–H groups in total. The minimum absolute atomic E-state index is 0. The zero-order valence-electron chi connectivity index (χ0n) is 7.48. The summed E-state index contributed by atoms with van der Waals surface area (Å²) in [5.74, 6) is -0.910. The van der Waals surface area contributed by atoms with Gasteiger partial charge in [-0.3, -0.25) is 11.5 Å². The van der Waals surface area contributed by atoms with E-state index in [1.807, 2.05) is 0 Å². The van der Waals surface area contributed by atoms with Crippen molar-refractivity contribution >= 4 is 16.1 Å². The number of carbonyl (C=O) groups excluding carboxylic acids is 1. The van der Waals surface area contributed by atoms with Gasteiger partial charge in [0, 0.05) is 5.57 Å². The summed E-state index contributed by atoms with van der Waals surface area (Å²) >= 11 is 0. The number of rotatable bonds is 3. The third kappa shape index (κ3) is 6.23. The van der Waals surface area contributed by atoms with Crippen LogP contribution >= 0.6 is 0 Å². The number of ether oxygens (including phenoxy) is 1. The maximum Gasteiger partial charge on any atom is 1.00 e. The Morgan fingerprint density at radius 1 is 1.62 bits per heavy atom. The Morgan fingerprint density at radius 2 is 2.00 bits per heavy atom. The smallest absolute Gasteiger partial charge is 0.474 e. The van der Waals surface area contributed by atoms with Crippen LogP contribution in [0.4, 0.5) is 0 Å². The number of esters is 1. The average molecular weight is 216 g/mol. The summed E-state index contributed by atoms with van der Waals surface area (Å²) in [7, 11) is -4.43. The molecule has 0 saturated heterocycles. The van der Waals surface area contributed by atoms with Crippen molar-refractivity contribution in [2.75, 3.05) is 0 Å². The molecule has 1 unspecified atom stereocenters. The molecule has 0 aromatic carbocycles. The van der Waals surface area contributed by atoms with Crippen molar-refractivity contribution in [2.45, 2.75) is 12.4 Å². The molecule has 0 fully saturated rings. The molecule has 0 radical (unpaired) electrons. The van der Waals surface area contributed by atoms with Gasteiger partial charge >= 0.3 is 35.5 Å². The first-order valence-corrected chi connectivity index (χ1v) is 4.41. The summed E-state index contributed by atoms with van der Waals surface area (Å²) in [5.41, 5.74) is -1.77. The molecule has 0 bridgehead atoms. The van der Waals surface area contributed by atoms with Gasteiger partial charge in [0.1, 0.15) is 5.44 Å². The van der Waals surface area contributed by atoms with E-state index in [2.05, 4.69) is 18.2 Å². The van der Waals surface area contributed by atoms with E-state index in [9.17, 15) is 13.2 Å². The van der Waals surface area contributed by atoms with Gasteiger partial charge in [0.25, 0.3) is 10.1 Å². The first-order chi connectivity index (χ1) is 5.25. The molecule has 0 amide bonds. The maximum absolute atomic E-state index is 10.7. The zero-order chi connectivity index (χ0) is 9.94. The molecule has 0 aliphatic carbocycles. The van der Waals surface area contributed by atoms with E-state index in [-0.39, 0.29) is 35.1 Å². The van der Waals surface area contributed by atoms with Gasteiger partial charge in [-0.25, -0.2) is 4.79 Å². The van der Waals surface area contributed by atoms with Crippen molar-refractivity contribution < 1.29 is 52.1 Å². The topological polar surface area (TPSA) is 80.7 Å². The van der Waals surface area contributed by atoms with Gasteiger partial charge in [0.15, 0.2) is 0 Å². The van der Waals surface area contributed by atoms with Gasteiger partial charge in [-0.05, 0) is 6.92 Å². The Hall–Kier alpha value is 0.120. The van der Waals surface area contributed by atoms with Gasteiger partial charge in [-0.2, -0.15) is 8.42 Å². The minimum Gasteiger partial charge on any atom is -0.474 e. The van der Waals surface area contributed by atoms with Crippen LogP contribution in [0.25, 0.3) is 0 Å². The molecule has 1 atom stereocenters. The average Bonchev–Trinajstić information content (AvgIpc) is 1.85. The fourth-order valence-electron chi connectivity index (χ4n) is 0.281. The van der Waals surface area contributed by atoms with Crippen molar-refractivity contribution in [3.05, 3.63) is 19.1 Å². The Labute approximate surface area is 99.2 Å². The summed E-state index contributed by atoms with van der Waals surface area (Å²) in [5, 5.41) is 0. The van der Waals surface area contributed by atoms with Crippen LogP contribution < -0.4 is 29.6 Å². The zero-order valence-corrected chi connectivity index (χ0v) is 10.3. The Balaban J connectivity index is 0. The molecular weight excluding hydrogens is 207 g/mol. The van der Waals surface area contributed by atoms with Gasteiger partial charge < -0.3 is 4.74 Å². The van der Waals surface area contributed by atoms with E-state index < -0.39 is 21.5 Å². The molecule has 0 heterocycles. The molecule has 0 saturated carbocycles. The Kier molecular flexibility index (Phi) is 6.91. The standard InChI is InChI=1S/C6H9O5S.Na/c1-4(2)6(7)11-5(3)12(8,9)10;/h5H,1,3H2,2H3,(H,8,9,10);/q-1;+1. The normalized spacial score (nSPS) is 12.5. The van der Waals surface area contributed by atoms with E-state index in [1.54, 1.807) is 0 Å². The van der Waals surface area contributed by atoms with Crippen LogP contribution in [-0.4, -0.2) is 24.4 Å². The molecular formula is C6H9NaO5S. The first kappa shape index (κ1) is 15.6. The van der Waals surface area contributed by atoms with Crippen molar-refractivity contribution in [1.82, 2.24) is 0 Å². The summed E-state index contributed by atoms with van der Waals surface area (Å²) < 4.78 is 33.1. The minimum atomic E-state index is -4.43. The van der Waals surface area contributed by atoms with E-state index in [1.165, 1.54) is 6.92 Å². The van der Waals surface area contributed by atoms with Crippen LogP contribution in [0, 0.1) is 6.92 Å². The predicted octanol–water partition coefficient (Wildman–Crippen LogP) is -2.84. The van der Waals surface area contributed by atoms with Gasteiger partial charge in [-0.1, -0.05) is 6.58 Å². The van der Waals surface area contributed by atoms with E-state index in [0.717, 1.165) is 0 Å². The molecule has 0 aliphatic heterocycles. The second-order valence-electron chi connectivity index (χ2n) is 2.13. The second kappa shape index (κ2) is 5.77.